The molecule has 1 unspecified atom stereocenters. The quantitative estimate of drug-likeness (QED) is 0.505. The van der Waals surface area contributed by atoms with E-state index in [1.807, 2.05) is 6.07 Å². The molecule has 0 aliphatic carbocycles. The summed E-state index contributed by atoms with van der Waals surface area (Å²) in [6.45, 7) is 2.29. The van der Waals surface area contributed by atoms with Crippen molar-refractivity contribution in [2.24, 2.45) is 0 Å². The van der Waals surface area contributed by atoms with Gasteiger partial charge in [-0.1, -0.05) is 37.6 Å². The first-order valence-corrected chi connectivity index (χ1v) is 12.8. The Bertz CT molecular complexity index is 1350. The van der Waals surface area contributed by atoms with Gasteiger partial charge in [0.2, 0.25) is 19.5 Å². The van der Waals surface area contributed by atoms with Gasteiger partial charge in [0.05, 0.1) is 10.8 Å². The van der Waals surface area contributed by atoms with Gasteiger partial charge < -0.3 is 18.9 Å². The number of benzene rings is 3. The highest BCUT2D eigenvalue weighted by Crippen LogP contribution is 2.37. The number of hydrogen-bond acceptors (Lipinski definition) is 7. The van der Waals surface area contributed by atoms with Crippen LogP contribution in [0, 0.1) is 0 Å². The number of hydrogen-bond donors (Lipinski definition) is 1. The van der Waals surface area contributed by atoms with Crippen molar-refractivity contribution in [3.8, 4) is 23.0 Å². The molecule has 9 heteroatoms. The molecule has 2 aliphatic heterocycles. The van der Waals surface area contributed by atoms with Crippen LogP contribution in [-0.4, -0.2) is 27.9 Å². The van der Waals surface area contributed by atoms with E-state index >= 15 is 0 Å². The summed E-state index contributed by atoms with van der Waals surface area (Å²) in [6.07, 6.45) is 2.06. The molecule has 182 valence electrons. The average molecular weight is 496 g/mol. The molecule has 8 nitrogen and oxygen atoms in total. The molecule has 2 aliphatic rings. The van der Waals surface area contributed by atoms with Crippen LogP contribution in [-0.2, 0) is 27.7 Å². The van der Waals surface area contributed by atoms with E-state index in [9.17, 15) is 13.2 Å². The summed E-state index contributed by atoms with van der Waals surface area (Å²) in [5.74, 6) is 0.869. The highest BCUT2D eigenvalue weighted by Gasteiger charge is 2.29. The summed E-state index contributed by atoms with van der Waals surface area (Å²) in [4.78, 5) is 13.5. The Morgan fingerprint density at radius 3 is 2.11 bits per heavy atom. The molecular weight excluding hydrogens is 470 g/mol. The minimum atomic E-state index is -4.06. The summed E-state index contributed by atoms with van der Waals surface area (Å²) in [5, 5.41) is 0. The molecule has 2 heterocycles. The normalized spacial score (nSPS) is 14.5. The predicted molar refractivity (Wildman–Crippen MR) is 127 cm³/mol. The predicted octanol–water partition coefficient (Wildman–Crippen LogP) is 3.93. The van der Waals surface area contributed by atoms with Gasteiger partial charge in [-0.25, -0.2) is 13.1 Å². The Balaban J connectivity index is 1.43. The number of nitrogens with one attached hydrogen (secondary N) is 1. The van der Waals surface area contributed by atoms with Crippen LogP contribution in [0.2, 0.25) is 0 Å². The molecule has 0 aromatic heterocycles. The molecule has 0 saturated heterocycles. The second kappa shape index (κ2) is 9.50. The highest BCUT2D eigenvalue weighted by molar-refractivity contribution is 7.90. The van der Waals surface area contributed by atoms with E-state index in [1.165, 1.54) is 12.1 Å². The van der Waals surface area contributed by atoms with Crippen LogP contribution in [0.3, 0.4) is 0 Å². The van der Waals surface area contributed by atoms with Crippen molar-refractivity contribution in [3.05, 3.63) is 77.4 Å². The van der Waals surface area contributed by atoms with E-state index < -0.39 is 21.8 Å². The topological polar surface area (TPSA) is 100 Å². The largest absolute Gasteiger partial charge is 0.454 e. The number of carbonyl (C=O) groups is 1. The molecule has 3 aromatic rings. The van der Waals surface area contributed by atoms with Crippen LogP contribution in [0.1, 0.15) is 36.0 Å². The standard InChI is InChI=1S/C26H25NO7S/c1-2-3-17-4-8-20(9-5-17)35(29,30)27-26(28)21(19-7-11-23-25(14-19)34-16-32-23)12-18-6-10-22-24(13-18)33-15-31-22/h4-11,13-14,21H,2-3,12,15-16H2,1H3,(H,27,28). The minimum absolute atomic E-state index is 0.0400. The number of carbonyl (C=O) groups excluding carboxylic acids is 1. The van der Waals surface area contributed by atoms with Crippen molar-refractivity contribution in [2.75, 3.05) is 13.6 Å². The molecule has 0 bridgehead atoms. The Morgan fingerprint density at radius 2 is 1.43 bits per heavy atom. The lowest BCUT2D eigenvalue weighted by molar-refractivity contribution is -0.120. The third-order valence-corrected chi connectivity index (χ3v) is 7.36. The monoisotopic (exact) mass is 495 g/mol. The maximum atomic E-state index is 13.4. The molecule has 1 N–H and O–H groups in total. The van der Waals surface area contributed by atoms with Gasteiger partial charge in [0.1, 0.15) is 0 Å². The van der Waals surface area contributed by atoms with Crippen molar-refractivity contribution < 1.29 is 32.2 Å². The number of fused-ring (bicyclic) bond motifs is 2. The van der Waals surface area contributed by atoms with E-state index in [0.29, 0.717) is 28.6 Å². The Morgan fingerprint density at radius 1 is 0.829 bits per heavy atom. The Hall–Kier alpha value is -3.72. The second-order valence-corrected chi connectivity index (χ2v) is 10.1. The zero-order chi connectivity index (χ0) is 24.4. The summed E-state index contributed by atoms with van der Waals surface area (Å²) < 4.78 is 50.0. The van der Waals surface area contributed by atoms with Crippen LogP contribution >= 0.6 is 0 Å². The highest BCUT2D eigenvalue weighted by atomic mass is 32.2. The van der Waals surface area contributed by atoms with Crippen molar-refractivity contribution in [3.63, 3.8) is 0 Å². The van der Waals surface area contributed by atoms with Gasteiger partial charge in [0.15, 0.2) is 23.0 Å². The Labute approximate surface area is 203 Å². The molecule has 3 aromatic carbocycles. The van der Waals surface area contributed by atoms with Crippen LogP contribution in [0.4, 0.5) is 0 Å². The van der Waals surface area contributed by atoms with Gasteiger partial charge in [-0.2, -0.15) is 0 Å². The fourth-order valence-corrected chi connectivity index (χ4v) is 5.20. The maximum absolute atomic E-state index is 13.4. The van der Waals surface area contributed by atoms with E-state index in [2.05, 4.69) is 11.6 Å². The summed E-state index contributed by atoms with van der Waals surface area (Å²) >= 11 is 0. The molecule has 35 heavy (non-hydrogen) atoms. The van der Waals surface area contributed by atoms with E-state index in [4.69, 9.17) is 18.9 Å². The first kappa shape index (κ1) is 23.0. The van der Waals surface area contributed by atoms with Crippen molar-refractivity contribution >= 4 is 15.9 Å². The molecule has 0 saturated carbocycles. The molecule has 0 radical (unpaired) electrons. The van der Waals surface area contributed by atoms with Crippen molar-refractivity contribution in [1.29, 1.82) is 0 Å². The van der Waals surface area contributed by atoms with E-state index in [1.54, 1.807) is 42.5 Å². The van der Waals surface area contributed by atoms with Gasteiger partial charge in [-0.3, -0.25) is 4.79 Å². The smallest absolute Gasteiger partial charge is 0.264 e. The van der Waals surface area contributed by atoms with Gasteiger partial charge in [-0.05, 0) is 65.9 Å². The Kier molecular flexibility index (Phi) is 6.25. The first-order valence-electron chi connectivity index (χ1n) is 11.4. The zero-order valence-electron chi connectivity index (χ0n) is 19.2. The van der Waals surface area contributed by atoms with Crippen molar-refractivity contribution in [2.45, 2.75) is 37.0 Å². The fourth-order valence-electron chi connectivity index (χ4n) is 4.18. The number of amides is 1. The van der Waals surface area contributed by atoms with Crippen LogP contribution in [0.25, 0.3) is 0 Å². The second-order valence-electron chi connectivity index (χ2n) is 8.42. The molecule has 0 fully saturated rings. The van der Waals surface area contributed by atoms with Crippen molar-refractivity contribution in [1.82, 2.24) is 4.72 Å². The van der Waals surface area contributed by atoms with E-state index in [-0.39, 0.29) is 24.9 Å². The van der Waals surface area contributed by atoms with Gasteiger partial charge in [0, 0.05) is 0 Å². The third-order valence-electron chi connectivity index (χ3n) is 6.00. The lowest BCUT2D eigenvalue weighted by atomic mass is 9.91. The van der Waals surface area contributed by atoms with Crippen LogP contribution < -0.4 is 23.7 Å². The van der Waals surface area contributed by atoms with Gasteiger partial charge in [0.25, 0.3) is 10.0 Å². The number of sulfonamides is 1. The molecule has 1 atom stereocenters. The number of ether oxygens (including phenoxy) is 4. The summed E-state index contributed by atoms with van der Waals surface area (Å²) in [6, 6.07) is 17.2. The lowest BCUT2D eigenvalue weighted by Crippen LogP contribution is -2.35. The zero-order valence-corrected chi connectivity index (χ0v) is 20.0. The molecule has 5 rings (SSSR count). The third kappa shape index (κ3) is 4.90. The minimum Gasteiger partial charge on any atom is -0.454 e. The number of rotatable bonds is 8. The number of aryl methyl sites for hydroxylation is 1. The average Bonchev–Trinajstić information content (AvgIpc) is 3.51. The van der Waals surface area contributed by atoms with Crippen LogP contribution in [0.5, 0.6) is 23.0 Å². The van der Waals surface area contributed by atoms with Crippen LogP contribution in [0.15, 0.2) is 65.6 Å². The first-order chi connectivity index (χ1) is 16.9. The fraction of sp³-hybridized carbons (Fsp3) is 0.269. The summed E-state index contributed by atoms with van der Waals surface area (Å²) in [5.41, 5.74) is 2.45. The maximum Gasteiger partial charge on any atom is 0.264 e. The molecule has 0 spiro atoms. The summed E-state index contributed by atoms with van der Waals surface area (Å²) in [7, 11) is -4.06. The molecule has 1 amide bonds. The van der Waals surface area contributed by atoms with E-state index in [0.717, 1.165) is 24.0 Å². The van der Waals surface area contributed by atoms with Gasteiger partial charge >= 0.3 is 0 Å². The SMILES string of the molecule is CCCc1ccc(S(=O)(=O)NC(=O)C(Cc2ccc3c(c2)OCO3)c2ccc3c(c2)OCO3)cc1. The molecular formula is C26H25NO7S. The lowest BCUT2D eigenvalue weighted by Gasteiger charge is -2.18. The van der Waals surface area contributed by atoms with Gasteiger partial charge in [-0.15, -0.1) is 0 Å².